The molecule has 0 spiro atoms. The molecule has 12 nitrogen and oxygen atoms in total. The minimum Gasteiger partial charge on any atom is -0.364 e. The number of benzene rings is 1. The van der Waals surface area contributed by atoms with Gasteiger partial charge in [-0.25, -0.2) is 4.39 Å². The average molecular weight is 571 g/mol. The number of halogens is 3. The van der Waals surface area contributed by atoms with Crippen molar-refractivity contribution in [1.82, 2.24) is 19.2 Å². The number of nitrogens with two attached hydrogens (primary N) is 1. The molecule has 15 heteroatoms. The first kappa shape index (κ1) is 28.9. The highest BCUT2D eigenvalue weighted by atomic mass is 19.3. The van der Waals surface area contributed by atoms with E-state index in [0.717, 1.165) is 23.2 Å². The normalized spacial score (nSPS) is 17.5. The number of carbonyl (C=O) groups excluding carboxylic acids is 3. The van der Waals surface area contributed by atoms with E-state index in [9.17, 15) is 32.3 Å². The molecule has 0 saturated carbocycles. The van der Waals surface area contributed by atoms with E-state index in [-0.39, 0.29) is 16.7 Å². The Hall–Kier alpha value is -5.08. The highest BCUT2D eigenvalue weighted by molar-refractivity contribution is 6.05. The summed E-state index contributed by atoms with van der Waals surface area (Å²) in [5, 5.41) is 14.3. The van der Waals surface area contributed by atoms with Crippen LogP contribution in [0.3, 0.4) is 0 Å². The van der Waals surface area contributed by atoms with Gasteiger partial charge in [-0.05, 0) is 42.3 Å². The maximum atomic E-state index is 14.4. The van der Waals surface area contributed by atoms with Crippen molar-refractivity contribution in [3.8, 4) is 0 Å². The van der Waals surface area contributed by atoms with Crippen LogP contribution in [0, 0.1) is 0 Å². The monoisotopic (exact) mass is 570 g/mol. The fraction of sp³-hybridized carbons (Fsp3) is 0.269. The number of hydrogen-bond donors (Lipinski definition) is 2. The number of pyridine rings is 1. The lowest BCUT2D eigenvalue weighted by Crippen LogP contribution is -2.45. The van der Waals surface area contributed by atoms with E-state index in [2.05, 4.69) is 27.2 Å². The van der Waals surface area contributed by atoms with Gasteiger partial charge in [0.05, 0.1) is 18.3 Å². The molecule has 214 valence electrons. The number of aromatic nitrogens is 3. The number of hydrogen-bond acceptors (Lipinski definition) is 7. The molecule has 2 atom stereocenters. The molecule has 3 aromatic rings. The third-order valence-electron chi connectivity index (χ3n) is 6.44. The fourth-order valence-corrected chi connectivity index (χ4v) is 4.47. The van der Waals surface area contributed by atoms with Gasteiger partial charge in [-0.15, -0.1) is 0 Å². The number of alkyl halides is 3. The molecule has 1 saturated heterocycles. The summed E-state index contributed by atoms with van der Waals surface area (Å²) in [6, 6.07) is 5.93. The Bertz CT molecular complexity index is 1650. The molecular formula is C26H25F3N8O4. The predicted octanol–water partition coefficient (Wildman–Crippen LogP) is 3.23. The molecule has 2 aromatic heterocycles. The standard InChI is InChI=1S/C26H25F3N8O4/c1-3-31-32-11-14(2)15-6-7-19-17(9-15)22(23(30)39)34-37(19)13-21(38)36-12-16(27)10-20(36)24(40)33-18-5-4-8-35(25(18)41)26(28)29/h3-9,11,16,20,26H,1,10,12-13H2,2H3,(H2,30,39)(H,33,40)/b14-11+,32-31-. The summed E-state index contributed by atoms with van der Waals surface area (Å²) in [4.78, 5) is 51.6. The summed E-state index contributed by atoms with van der Waals surface area (Å²) in [5.41, 5.74) is 5.58. The van der Waals surface area contributed by atoms with Crippen LogP contribution in [0.2, 0.25) is 0 Å². The Balaban J connectivity index is 1.59. The molecule has 3 amide bonds. The Morgan fingerprint density at radius 3 is 2.71 bits per heavy atom. The van der Waals surface area contributed by atoms with Gasteiger partial charge in [0.25, 0.3) is 11.5 Å². The van der Waals surface area contributed by atoms with Crippen LogP contribution < -0.4 is 16.6 Å². The van der Waals surface area contributed by atoms with Crippen LogP contribution >= 0.6 is 0 Å². The van der Waals surface area contributed by atoms with E-state index in [1.807, 2.05) is 0 Å². The number of amides is 3. The lowest BCUT2D eigenvalue weighted by Gasteiger charge is -2.23. The molecule has 0 bridgehead atoms. The summed E-state index contributed by atoms with van der Waals surface area (Å²) in [6.45, 7) is 1.20. The van der Waals surface area contributed by atoms with Gasteiger partial charge in [-0.1, -0.05) is 12.6 Å². The maximum absolute atomic E-state index is 14.4. The first-order valence-corrected chi connectivity index (χ1v) is 12.2. The van der Waals surface area contributed by atoms with Crippen LogP contribution in [-0.4, -0.2) is 55.7 Å². The van der Waals surface area contributed by atoms with Gasteiger partial charge in [0.1, 0.15) is 24.4 Å². The average Bonchev–Trinajstić information content (AvgIpc) is 3.50. The van der Waals surface area contributed by atoms with Crippen LogP contribution in [0.5, 0.6) is 0 Å². The van der Waals surface area contributed by atoms with Gasteiger partial charge in [0, 0.05) is 24.2 Å². The van der Waals surface area contributed by atoms with Crippen molar-refractivity contribution < 1.29 is 27.6 Å². The number of likely N-dealkylation sites (tertiary alicyclic amines) is 1. The van der Waals surface area contributed by atoms with E-state index >= 15 is 0 Å². The number of azo groups is 1. The molecular weight excluding hydrogens is 545 g/mol. The van der Waals surface area contributed by atoms with Gasteiger partial charge >= 0.3 is 6.55 Å². The third kappa shape index (κ3) is 6.08. The highest BCUT2D eigenvalue weighted by Gasteiger charge is 2.40. The Morgan fingerprint density at radius 1 is 1.27 bits per heavy atom. The summed E-state index contributed by atoms with van der Waals surface area (Å²) >= 11 is 0. The molecule has 1 aromatic carbocycles. The number of rotatable bonds is 9. The smallest absolute Gasteiger partial charge is 0.321 e. The minimum atomic E-state index is -3.13. The zero-order valence-corrected chi connectivity index (χ0v) is 21.7. The summed E-state index contributed by atoms with van der Waals surface area (Å²) in [5.74, 6) is -2.45. The summed E-state index contributed by atoms with van der Waals surface area (Å²) in [7, 11) is 0. The fourth-order valence-electron chi connectivity index (χ4n) is 4.47. The second-order valence-corrected chi connectivity index (χ2v) is 9.12. The summed E-state index contributed by atoms with van der Waals surface area (Å²) < 4.78 is 41.9. The molecule has 4 rings (SSSR count). The molecule has 0 radical (unpaired) electrons. The molecule has 0 aliphatic carbocycles. The highest BCUT2D eigenvalue weighted by Crippen LogP contribution is 2.26. The number of primary amides is 1. The van der Waals surface area contributed by atoms with Crippen molar-refractivity contribution in [3.63, 3.8) is 0 Å². The Morgan fingerprint density at radius 2 is 2.02 bits per heavy atom. The molecule has 3 heterocycles. The van der Waals surface area contributed by atoms with Gasteiger partial charge in [0.2, 0.25) is 11.8 Å². The van der Waals surface area contributed by atoms with Crippen molar-refractivity contribution >= 4 is 39.9 Å². The number of allylic oxidation sites excluding steroid dienone is 1. The van der Waals surface area contributed by atoms with Crippen LogP contribution in [0.15, 0.2) is 70.5 Å². The minimum absolute atomic E-state index is 0.103. The number of anilines is 1. The van der Waals surface area contributed by atoms with Crippen LogP contribution in [0.1, 0.15) is 35.9 Å². The molecule has 1 aliphatic heterocycles. The first-order chi connectivity index (χ1) is 19.5. The van der Waals surface area contributed by atoms with Gasteiger partial charge in [-0.3, -0.25) is 28.4 Å². The number of nitrogens with zero attached hydrogens (tertiary/aromatic N) is 6. The lowest BCUT2D eigenvalue weighted by molar-refractivity contribution is -0.137. The van der Waals surface area contributed by atoms with E-state index < -0.39 is 60.8 Å². The van der Waals surface area contributed by atoms with Crippen molar-refractivity contribution in [2.24, 2.45) is 16.0 Å². The topological polar surface area (TPSA) is 157 Å². The molecule has 1 aliphatic rings. The number of nitrogens with one attached hydrogen (secondary N) is 1. The Kier molecular flexibility index (Phi) is 8.45. The lowest BCUT2D eigenvalue weighted by atomic mass is 10.0. The number of carbonyl (C=O) groups is 3. The van der Waals surface area contributed by atoms with Crippen LogP contribution in [-0.2, 0) is 16.1 Å². The quantitative estimate of drug-likeness (QED) is 0.378. The molecule has 2 unspecified atom stereocenters. The van der Waals surface area contributed by atoms with E-state index in [4.69, 9.17) is 5.73 Å². The largest absolute Gasteiger partial charge is 0.364 e. The van der Waals surface area contributed by atoms with Gasteiger partial charge < -0.3 is 16.0 Å². The van der Waals surface area contributed by atoms with Gasteiger partial charge in [0.15, 0.2) is 5.69 Å². The van der Waals surface area contributed by atoms with E-state index in [1.54, 1.807) is 25.1 Å². The zero-order valence-electron chi connectivity index (χ0n) is 21.7. The second kappa shape index (κ2) is 12.0. The second-order valence-electron chi connectivity index (χ2n) is 9.12. The van der Waals surface area contributed by atoms with Crippen molar-refractivity contribution in [1.29, 1.82) is 0 Å². The molecule has 3 N–H and O–H groups in total. The molecule has 41 heavy (non-hydrogen) atoms. The van der Waals surface area contributed by atoms with Crippen molar-refractivity contribution in [2.45, 2.75) is 38.7 Å². The number of fused-ring (bicyclic) bond motifs is 1. The summed E-state index contributed by atoms with van der Waals surface area (Å²) in [6.07, 6.45) is 1.70. The van der Waals surface area contributed by atoms with E-state index in [1.165, 1.54) is 17.1 Å². The zero-order chi connectivity index (χ0) is 29.8. The first-order valence-electron chi connectivity index (χ1n) is 12.2. The van der Waals surface area contributed by atoms with Crippen molar-refractivity contribution in [2.75, 3.05) is 11.9 Å². The SMILES string of the molecule is C=C/N=N\C=C(/C)c1ccc2c(c1)c(C(N)=O)nn2CC(=O)N1CC(F)CC1C(=O)Nc1cccn(C(F)F)c1=O. The predicted molar refractivity (Wildman–Crippen MR) is 143 cm³/mol. The van der Waals surface area contributed by atoms with Gasteiger partial charge in [-0.2, -0.15) is 24.1 Å². The molecule has 1 fully saturated rings. The van der Waals surface area contributed by atoms with E-state index in [0.29, 0.717) is 22.0 Å². The third-order valence-corrected chi connectivity index (χ3v) is 6.44. The van der Waals surface area contributed by atoms with Crippen molar-refractivity contribution in [3.05, 3.63) is 77.1 Å². The van der Waals surface area contributed by atoms with Crippen LogP contribution in [0.25, 0.3) is 16.5 Å². The Labute approximate surface area is 230 Å². The van der Waals surface area contributed by atoms with Crippen LogP contribution in [0.4, 0.5) is 18.9 Å². The maximum Gasteiger partial charge on any atom is 0.321 e.